The normalized spacial score (nSPS) is 22.0. The summed E-state index contributed by atoms with van der Waals surface area (Å²) >= 11 is 0. The highest BCUT2D eigenvalue weighted by molar-refractivity contribution is 6.14. The first kappa shape index (κ1) is 25.2. The average Bonchev–Trinajstić information content (AvgIpc) is 3.26. The van der Waals surface area contributed by atoms with Gasteiger partial charge < -0.3 is 19.5 Å². The van der Waals surface area contributed by atoms with Crippen molar-refractivity contribution in [2.24, 2.45) is 0 Å². The number of carbonyl (C=O) groups is 2. The maximum atomic E-state index is 13.9. The lowest BCUT2D eigenvalue weighted by molar-refractivity contribution is -0.123. The zero-order valence-corrected chi connectivity index (χ0v) is 22.0. The van der Waals surface area contributed by atoms with E-state index in [0.29, 0.717) is 23.5 Å². The molecule has 2 atom stereocenters. The Morgan fingerprint density at radius 1 is 1.22 bits per heavy atom. The van der Waals surface area contributed by atoms with Gasteiger partial charge in [0.05, 0.1) is 35.3 Å². The number of hydrogen-bond acceptors (Lipinski definition) is 7. The van der Waals surface area contributed by atoms with Crippen LogP contribution >= 0.6 is 0 Å². The Labute approximate surface area is 216 Å². The van der Waals surface area contributed by atoms with Crippen molar-refractivity contribution >= 4 is 39.8 Å². The van der Waals surface area contributed by atoms with Gasteiger partial charge in [0.15, 0.2) is 6.23 Å². The van der Waals surface area contributed by atoms with Gasteiger partial charge in [0.2, 0.25) is 0 Å². The van der Waals surface area contributed by atoms with E-state index in [1.54, 1.807) is 36.3 Å². The number of benzene rings is 2. The molecule has 1 amide bonds. The molecule has 9 heteroatoms. The monoisotopic (exact) mass is 506 g/mol. The Balaban J connectivity index is 1.58. The number of amides is 1. The molecule has 2 aliphatic rings. The lowest BCUT2D eigenvalue weighted by Gasteiger charge is -2.41. The lowest BCUT2D eigenvalue weighted by Crippen LogP contribution is -2.56. The van der Waals surface area contributed by atoms with Crippen molar-refractivity contribution in [1.82, 2.24) is 9.78 Å². The molecule has 1 unspecified atom stereocenters. The molecule has 37 heavy (non-hydrogen) atoms. The fourth-order valence-corrected chi connectivity index (χ4v) is 4.95. The number of methoxy groups -OCH3 is 1. The van der Waals surface area contributed by atoms with Crippen LogP contribution in [0.5, 0.6) is 0 Å². The molecule has 196 valence electrons. The van der Waals surface area contributed by atoms with Gasteiger partial charge in [-0.2, -0.15) is 5.10 Å². The summed E-state index contributed by atoms with van der Waals surface area (Å²) in [6, 6.07) is 10.9. The minimum atomic E-state index is -0.984. The van der Waals surface area contributed by atoms with Gasteiger partial charge in [-0.1, -0.05) is 0 Å². The number of nitrogens with one attached hydrogen (secondary N) is 1. The third-order valence-electron chi connectivity index (χ3n) is 6.66. The highest BCUT2D eigenvalue weighted by atomic mass is 16.6. The van der Waals surface area contributed by atoms with Crippen molar-refractivity contribution in [3.63, 3.8) is 0 Å². The Bertz CT molecular complexity index is 1320. The first-order valence-corrected chi connectivity index (χ1v) is 12.7. The molecular formula is C28H34N4O5. The molecule has 0 aliphatic carbocycles. The van der Waals surface area contributed by atoms with E-state index in [1.807, 2.05) is 50.7 Å². The van der Waals surface area contributed by atoms with Crippen molar-refractivity contribution in [2.75, 3.05) is 30.5 Å². The third-order valence-corrected chi connectivity index (χ3v) is 6.66. The van der Waals surface area contributed by atoms with Crippen molar-refractivity contribution in [3.05, 3.63) is 48.2 Å². The molecule has 2 aliphatic heterocycles. The molecule has 3 heterocycles. The van der Waals surface area contributed by atoms with E-state index in [-0.39, 0.29) is 18.7 Å². The zero-order valence-electron chi connectivity index (χ0n) is 22.0. The predicted molar refractivity (Wildman–Crippen MR) is 141 cm³/mol. The maximum absolute atomic E-state index is 13.9. The maximum Gasteiger partial charge on any atom is 0.338 e. The minimum Gasteiger partial charge on any atom is -0.456 e. The molecule has 9 nitrogen and oxygen atoms in total. The summed E-state index contributed by atoms with van der Waals surface area (Å²) in [6.07, 6.45) is 4.74. The number of fused-ring (bicyclic) bond motifs is 2. The van der Waals surface area contributed by atoms with E-state index >= 15 is 0 Å². The number of anilines is 3. The van der Waals surface area contributed by atoms with Crippen LogP contribution in [0.4, 0.5) is 17.1 Å². The number of carbonyl (C=O) groups excluding carboxylic acids is 2. The molecule has 1 N–H and O–H groups in total. The van der Waals surface area contributed by atoms with Crippen molar-refractivity contribution in [2.45, 2.75) is 64.3 Å². The molecule has 1 saturated heterocycles. The van der Waals surface area contributed by atoms with Gasteiger partial charge in [-0.3, -0.25) is 9.69 Å². The summed E-state index contributed by atoms with van der Waals surface area (Å²) < 4.78 is 18.8. The van der Waals surface area contributed by atoms with Gasteiger partial charge in [0, 0.05) is 24.8 Å². The van der Waals surface area contributed by atoms with Gasteiger partial charge >= 0.3 is 5.97 Å². The SMILES string of the molecule is COC[C@]1(C)Nc2cc3cnn(C4CCCCO4)c3cc2N(c2ccc(C(=O)OC(C)(C)C)cc2)C1=O. The number of esters is 1. The number of aromatic nitrogens is 2. The average molecular weight is 507 g/mol. The van der Waals surface area contributed by atoms with Crippen LogP contribution in [0, 0.1) is 0 Å². The molecule has 0 saturated carbocycles. The summed E-state index contributed by atoms with van der Waals surface area (Å²) in [6.45, 7) is 8.21. The summed E-state index contributed by atoms with van der Waals surface area (Å²) in [4.78, 5) is 28.1. The van der Waals surface area contributed by atoms with E-state index in [4.69, 9.17) is 14.2 Å². The molecule has 3 aromatic rings. The fourth-order valence-electron chi connectivity index (χ4n) is 4.95. The second kappa shape index (κ2) is 9.46. The van der Waals surface area contributed by atoms with Crippen LogP contribution in [0.25, 0.3) is 10.9 Å². The van der Waals surface area contributed by atoms with Crippen LogP contribution < -0.4 is 10.2 Å². The Kier molecular flexibility index (Phi) is 6.45. The Morgan fingerprint density at radius 2 is 1.97 bits per heavy atom. The molecule has 0 radical (unpaired) electrons. The molecule has 1 aromatic heterocycles. The van der Waals surface area contributed by atoms with Crippen LogP contribution in [0.3, 0.4) is 0 Å². The topological polar surface area (TPSA) is 94.9 Å². The number of nitrogens with zero attached hydrogens (tertiary/aromatic N) is 3. The molecule has 2 aromatic carbocycles. The highest BCUT2D eigenvalue weighted by Gasteiger charge is 2.43. The van der Waals surface area contributed by atoms with E-state index in [2.05, 4.69) is 10.4 Å². The molecule has 1 fully saturated rings. The Hall–Kier alpha value is -3.43. The zero-order chi connectivity index (χ0) is 26.4. The number of rotatable bonds is 5. The van der Waals surface area contributed by atoms with E-state index < -0.39 is 17.1 Å². The minimum absolute atomic E-state index is 0.128. The number of ether oxygens (including phenoxy) is 3. The Morgan fingerprint density at radius 3 is 2.62 bits per heavy atom. The second-order valence-electron chi connectivity index (χ2n) is 10.9. The largest absolute Gasteiger partial charge is 0.456 e. The van der Waals surface area contributed by atoms with Gasteiger partial charge in [-0.25, -0.2) is 9.48 Å². The third kappa shape index (κ3) is 4.81. The standard InChI is InChI=1S/C28H34N4O5/c1-27(2,3)37-25(33)18-9-11-20(12-10-18)31-23-15-22-19(16-29-32(22)24-8-6-7-13-36-24)14-21(23)30-28(4,17-35-5)26(31)34/h9-12,14-16,24,30H,6-8,13,17H2,1-5H3/t24?,28-/m0/s1. The van der Waals surface area contributed by atoms with Crippen LogP contribution in [0.1, 0.15) is 63.5 Å². The lowest BCUT2D eigenvalue weighted by atomic mass is 9.95. The first-order valence-electron chi connectivity index (χ1n) is 12.7. The summed E-state index contributed by atoms with van der Waals surface area (Å²) in [5.41, 5.74) is 1.88. The van der Waals surface area contributed by atoms with Crippen LogP contribution in [0.15, 0.2) is 42.6 Å². The molecule has 0 spiro atoms. The first-order chi connectivity index (χ1) is 17.6. The van der Waals surface area contributed by atoms with E-state index in [0.717, 1.165) is 35.9 Å². The quantitative estimate of drug-likeness (QED) is 0.476. The van der Waals surface area contributed by atoms with Gasteiger partial charge in [-0.15, -0.1) is 0 Å². The van der Waals surface area contributed by atoms with Crippen LogP contribution in [-0.2, 0) is 19.0 Å². The summed E-state index contributed by atoms with van der Waals surface area (Å²) in [5, 5.41) is 8.98. The second-order valence-corrected chi connectivity index (χ2v) is 10.9. The van der Waals surface area contributed by atoms with E-state index in [1.165, 1.54) is 0 Å². The van der Waals surface area contributed by atoms with Gasteiger partial charge in [0.1, 0.15) is 11.1 Å². The van der Waals surface area contributed by atoms with Gasteiger partial charge in [-0.05, 0) is 83.4 Å². The molecule has 5 rings (SSSR count). The van der Waals surface area contributed by atoms with Crippen molar-refractivity contribution < 1.29 is 23.8 Å². The predicted octanol–water partition coefficient (Wildman–Crippen LogP) is 5.19. The molecule has 0 bridgehead atoms. The van der Waals surface area contributed by atoms with E-state index in [9.17, 15) is 9.59 Å². The summed E-state index contributed by atoms with van der Waals surface area (Å²) in [7, 11) is 1.58. The smallest absolute Gasteiger partial charge is 0.338 e. The van der Waals surface area contributed by atoms with Gasteiger partial charge in [0.25, 0.3) is 5.91 Å². The van der Waals surface area contributed by atoms with Crippen LogP contribution in [-0.4, -0.2) is 53.1 Å². The van der Waals surface area contributed by atoms with Crippen molar-refractivity contribution in [1.29, 1.82) is 0 Å². The van der Waals surface area contributed by atoms with Crippen LogP contribution in [0.2, 0.25) is 0 Å². The molecular weight excluding hydrogens is 472 g/mol. The fraction of sp³-hybridized carbons (Fsp3) is 0.464. The highest BCUT2D eigenvalue weighted by Crippen LogP contribution is 2.43. The van der Waals surface area contributed by atoms with Crippen molar-refractivity contribution in [3.8, 4) is 0 Å². The number of hydrogen-bond donors (Lipinski definition) is 1. The summed E-state index contributed by atoms with van der Waals surface area (Å²) in [5.74, 6) is -0.570.